The van der Waals surface area contributed by atoms with E-state index in [9.17, 15) is 0 Å². The maximum absolute atomic E-state index is 3.50. The average molecular weight is 351 g/mol. The lowest BCUT2D eigenvalue weighted by Crippen LogP contribution is -2.36. The summed E-state index contributed by atoms with van der Waals surface area (Å²) in [4.78, 5) is 4.15. The van der Waals surface area contributed by atoms with Crippen molar-refractivity contribution in [3.63, 3.8) is 0 Å². The van der Waals surface area contributed by atoms with Gasteiger partial charge in [-0.3, -0.25) is 4.90 Å². The van der Waals surface area contributed by atoms with Crippen molar-refractivity contribution in [2.24, 2.45) is 0 Å². The highest BCUT2D eigenvalue weighted by Crippen LogP contribution is 2.32. The van der Waals surface area contributed by atoms with Crippen LogP contribution in [0.4, 0.5) is 5.69 Å². The second-order valence-corrected chi connectivity index (χ2v) is 7.11. The van der Waals surface area contributed by atoms with E-state index in [4.69, 9.17) is 0 Å². The van der Waals surface area contributed by atoms with Crippen LogP contribution < -0.4 is 5.32 Å². The van der Waals surface area contributed by atoms with E-state index in [2.05, 4.69) is 68.8 Å². The SMILES string of the molecule is CC1c2ccsc2CCN1CCNc1cccc(Br)c1. The summed E-state index contributed by atoms with van der Waals surface area (Å²) in [6.45, 7) is 5.57. The van der Waals surface area contributed by atoms with Crippen LogP contribution in [0.1, 0.15) is 23.4 Å². The van der Waals surface area contributed by atoms with Crippen molar-refractivity contribution in [3.8, 4) is 0 Å². The van der Waals surface area contributed by atoms with Crippen LogP contribution in [0, 0.1) is 0 Å². The molecule has 2 nitrogen and oxygen atoms in total. The van der Waals surface area contributed by atoms with Crippen molar-refractivity contribution in [1.29, 1.82) is 0 Å². The summed E-state index contributed by atoms with van der Waals surface area (Å²) in [5.41, 5.74) is 2.71. The van der Waals surface area contributed by atoms with E-state index in [1.807, 2.05) is 11.3 Å². The summed E-state index contributed by atoms with van der Waals surface area (Å²) in [6.07, 6.45) is 1.20. The van der Waals surface area contributed by atoms with Crippen LogP contribution in [0.2, 0.25) is 0 Å². The van der Waals surface area contributed by atoms with E-state index < -0.39 is 0 Å². The number of hydrogen-bond donors (Lipinski definition) is 1. The monoisotopic (exact) mass is 350 g/mol. The molecule has 1 N–H and O–H groups in total. The Kier molecular flexibility index (Phi) is 4.44. The minimum Gasteiger partial charge on any atom is -0.384 e. The molecule has 0 fully saturated rings. The zero-order valence-corrected chi connectivity index (χ0v) is 14.0. The Labute approximate surface area is 132 Å². The van der Waals surface area contributed by atoms with Crippen LogP contribution in [0.5, 0.6) is 0 Å². The van der Waals surface area contributed by atoms with Crippen LogP contribution in [0.15, 0.2) is 40.2 Å². The third-order valence-corrected chi connectivity index (χ3v) is 5.45. The molecule has 20 heavy (non-hydrogen) atoms. The summed E-state index contributed by atoms with van der Waals surface area (Å²) in [7, 11) is 0. The third kappa shape index (κ3) is 3.08. The average Bonchev–Trinajstić information content (AvgIpc) is 2.91. The van der Waals surface area contributed by atoms with Gasteiger partial charge in [0.2, 0.25) is 0 Å². The predicted octanol–water partition coefficient (Wildman–Crippen LogP) is 4.54. The van der Waals surface area contributed by atoms with Gasteiger partial charge in [-0.25, -0.2) is 0 Å². The molecule has 2 aromatic rings. The number of thiophene rings is 1. The minimum absolute atomic E-state index is 0.550. The molecule has 1 aromatic carbocycles. The first-order valence-electron chi connectivity index (χ1n) is 7.04. The highest BCUT2D eigenvalue weighted by Gasteiger charge is 2.23. The van der Waals surface area contributed by atoms with E-state index in [1.54, 1.807) is 4.88 Å². The largest absolute Gasteiger partial charge is 0.384 e. The normalized spacial score (nSPS) is 18.8. The van der Waals surface area contributed by atoms with Crippen molar-refractivity contribution in [2.45, 2.75) is 19.4 Å². The van der Waals surface area contributed by atoms with E-state index in [-0.39, 0.29) is 0 Å². The molecule has 0 saturated heterocycles. The fraction of sp³-hybridized carbons (Fsp3) is 0.375. The maximum atomic E-state index is 3.50. The van der Waals surface area contributed by atoms with Gasteiger partial charge in [0.05, 0.1) is 0 Å². The molecule has 106 valence electrons. The minimum atomic E-state index is 0.550. The van der Waals surface area contributed by atoms with Crippen molar-refractivity contribution >= 4 is 33.0 Å². The first kappa shape index (κ1) is 14.1. The highest BCUT2D eigenvalue weighted by atomic mass is 79.9. The molecule has 0 spiro atoms. The van der Waals surface area contributed by atoms with Crippen LogP contribution >= 0.6 is 27.3 Å². The van der Waals surface area contributed by atoms with Gasteiger partial charge in [0.25, 0.3) is 0 Å². The Bertz CT molecular complexity index is 581. The molecule has 2 heterocycles. The second kappa shape index (κ2) is 6.29. The van der Waals surface area contributed by atoms with Crippen LogP contribution in [-0.4, -0.2) is 24.5 Å². The fourth-order valence-electron chi connectivity index (χ4n) is 2.81. The molecule has 1 atom stereocenters. The molecule has 4 heteroatoms. The summed E-state index contributed by atoms with van der Waals surface area (Å²) >= 11 is 5.41. The first-order valence-corrected chi connectivity index (χ1v) is 8.71. The molecule has 1 aliphatic rings. The van der Waals surface area contributed by atoms with E-state index in [0.29, 0.717) is 6.04 Å². The summed E-state index contributed by atoms with van der Waals surface area (Å²) in [5, 5.41) is 5.73. The number of anilines is 1. The lowest BCUT2D eigenvalue weighted by molar-refractivity contribution is 0.208. The number of halogens is 1. The number of rotatable bonds is 4. The Morgan fingerprint density at radius 2 is 2.30 bits per heavy atom. The van der Waals surface area contributed by atoms with Gasteiger partial charge in [-0.2, -0.15) is 0 Å². The van der Waals surface area contributed by atoms with Gasteiger partial charge in [-0.05, 0) is 48.6 Å². The van der Waals surface area contributed by atoms with Crippen molar-refractivity contribution in [2.75, 3.05) is 25.0 Å². The molecular formula is C16H19BrN2S. The van der Waals surface area contributed by atoms with Crippen LogP contribution in [0.3, 0.4) is 0 Å². The number of nitrogens with one attached hydrogen (secondary N) is 1. The van der Waals surface area contributed by atoms with Gasteiger partial charge >= 0.3 is 0 Å². The van der Waals surface area contributed by atoms with Gasteiger partial charge in [0.15, 0.2) is 0 Å². The third-order valence-electron chi connectivity index (χ3n) is 3.96. The van der Waals surface area contributed by atoms with E-state index in [1.165, 1.54) is 24.2 Å². The Balaban J connectivity index is 1.55. The van der Waals surface area contributed by atoms with E-state index in [0.717, 1.165) is 17.6 Å². The molecule has 0 saturated carbocycles. The van der Waals surface area contributed by atoms with Gasteiger partial charge in [0.1, 0.15) is 0 Å². The molecule has 1 aromatic heterocycles. The number of fused-ring (bicyclic) bond motifs is 1. The van der Waals surface area contributed by atoms with Gasteiger partial charge in [-0.1, -0.05) is 22.0 Å². The molecular weight excluding hydrogens is 332 g/mol. The first-order chi connectivity index (χ1) is 9.74. The maximum Gasteiger partial charge on any atom is 0.0351 e. The molecule has 1 aliphatic heterocycles. The molecule has 1 unspecified atom stereocenters. The lowest BCUT2D eigenvalue weighted by Gasteiger charge is -2.33. The van der Waals surface area contributed by atoms with Gasteiger partial charge in [0, 0.05) is 40.7 Å². The standard InChI is InChI=1S/C16H19BrN2S/c1-12-15-6-10-20-16(15)5-8-19(12)9-7-18-14-4-2-3-13(17)11-14/h2-4,6,10-12,18H,5,7-9H2,1H3. The van der Waals surface area contributed by atoms with Crippen molar-refractivity contribution < 1.29 is 0 Å². The van der Waals surface area contributed by atoms with Crippen molar-refractivity contribution in [1.82, 2.24) is 4.90 Å². The predicted molar refractivity (Wildman–Crippen MR) is 90.6 cm³/mol. The van der Waals surface area contributed by atoms with Crippen LogP contribution in [0.25, 0.3) is 0 Å². The van der Waals surface area contributed by atoms with Crippen LogP contribution in [-0.2, 0) is 6.42 Å². The van der Waals surface area contributed by atoms with Gasteiger partial charge in [-0.15, -0.1) is 11.3 Å². The molecule has 3 rings (SSSR count). The second-order valence-electron chi connectivity index (χ2n) is 5.20. The summed E-state index contributed by atoms with van der Waals surface area (Å²) in [5.74, 6) is 0. The van der Waals surface area contributed by atoms with E-state index >= 15 is 0 Å². The molecule has 0 amide bonds. The number of nitrogens with zero attached hydrogens (tertiary/aromatic N) is 1. The highest BCUT2D eigenvalue weighted by molar-refractivity contribution is 9.10. The van der Waals surface area contributed by atoms with Gasteiger partial charge < -0.3 is 5.32 Å². The molecule has 0 aliphatic carbocycles. The molecule has 0 bridgehead atoms. The lowest BCUT2D eigenvalue weighted by atomic mass is 10.0. The van der Waals surface area contributed by atoms with Crippen molar-refractivity contribution in [3.05, 3.63) is 50.6 Å². The zero-order chi connectivity index (χ0) is 13.9. The smallest absolute Gasteiger partial charge is 0.0351 e. The zero-order valence-electron chi connectivity index (χ0n) is 11.6. The topological polar surface area (TPSA) is 15.3 Å². The Hall–Kier alpha value is -0.840. The fourth-order valence-corrected chi connectivity index (χ4v) is 4.17. The molecule has 0 radical (unpaired) electrons. The summed E-state index contributed by atoms with van der Waals surface area (Å²) < 4.78 is 1.12. The Morgan fingerprint density at radius 3 is 3.15 bits per heavy atom. The quantitative estimate of drug-likeness (QED) is 0.870. The number of benzene rings is 1. The number of hydrogen-bond acceptors (Lipinski definition) is 3. The Morgan fingerprint density at radius 1 is 1.40 bits per heavy atom. The summed E-state index contributed by atoms with van der Waals surface area (Å²) in [6, 6.07) is 11.2.